The van der Waals surface area contributed by atoms with Gasteiger partial charge in [0.1, 0.15) is 12.7 Å². The van der Waals surface area contributed by atoms with Crippen LogP contribution in [-0.2, 0) is 12.3 Å². The van der Waals surface area contributed by atoms with Crippen molar-refractivity contribution in [3.05, 3.63) is 53.3 Å². The smallest absolute Gasteiger partial charge is 0.353 e. The van der Waals surface area contributed by atoms with Crippen LogP contribution in [0.25, 0.3) is 0 Å². The molecule has 0 bridgehead atoms. The molecule has 0 radical (unpaired) electrons. The van der Waals surface area contributed by atoms with Crippen molar-refractivity contribution in [2.24, 2.45) is 0 Å². The molecular weight excluding hydrogens is 382 g/mol. The second-order valence-corrected chi connectivity index (χ2v) is 8.64. The van der Waals surface area contributed by atoms with E-state index in [1.807, 2.05) is 41.1 Å². The summed E-state index contributed by atoms with van der Waals surface area (Å²) in [5.74, 6) is 0.834. The van der Waals surface area contributed by atoms with Crippen LogP contribution in [0, 0.1) is 0 Å². The van der Waals surface area contributed by atoms with E-state index < -0.39 is 5.72 Å². The highest BCUT2D eigenvalue weighted by Crippen LogP contribution is 2.34. The molecule has 0 unspecified atom stereocenters. The molecule has 1 aromatic carbocycles. The van der Waals surface area contributed by atoms with Gasteiger partial charge in [-0.05, 0) is 18.6 Å². The lowest BCUT2D eigenvalue weighted by Crippen LogP contribution is -2.46. The topological polar surface area (TPSA) is 40.2 Å². The van der Waals surface area contributed by atoms with Gasteiger partial charge in [-0.15, -0.1) is 0 Å². The maximum absolute atomic E-state index is 11.6. The van der Waals surface area contributed by atoms with Crippen LogP contribution in [-0.4, -0.2) is 16.6 Å². The molecule has 1 aliphatic rings. The molecule has 0 amide bonds. The van der Waals surface area contributed by atoms with Gasteiger partial charge in [-0.1, -0.05) is 93.4 Å². The monoisotopic (exact) mass is 416 g/mol. The van der Waals surface area contributed by atoms with E-state index in [-0.39, 0.29) is 0 Å². The van der Waals surface area contributed by atoms with Gasteiger partial charge in [0, 0.05) is 16.7 Å². The first-order valence-electron chi connectivity index (χ1n) is 11.3. The number of hydrogen-bond acceptors (Lipinski definition) is 3. The highest BCUT2D eigenvalue weighted by Gasteiger charge is 2.51. The molecule has 0 fully saturated rings. The van der Waals surface area contributed by atoms with Crippen LogP contribution in [0.3, 0.4) is 0 Å². The first kappa shape index (κ1) is 22.0. The van der Waals surface area contributed by atoms with Crippen LogP contribution in [0.5, 0.6) is 0 Å². The molecule has 0 spiro atoms. The summed E-state index contributed by atoms with van der Waals surface area (Å²) in [5, 5.41) is 12.3. The van der Waals surface area contributed by atoms with Crippen molar-refractivity contribution in [1.82, 2.24) is 4.98 Å². The summed E-state index contributed by atoms with van der Waals surface area (Å²) in [5.41, 5.74) is -0.218. The van der Waals surface area contributed by atoms with E-state index in [4.69, 9.17) is 11.6 Å². The molecule has 1 N–H and O–H groups in total. The molecule has 2 aromatic rings. The third-order valence-electron chi connectivity index (χ3n) is 5.92. The molecular formula is C24H35ClN3O+. The van der Waals surface area contributed by atoms with Crippen molar-refractivity contribution in [2.75, 3.05) is 11.4 Å². The fraction of sp³-hybridized carbons (Fsp3) is 0.583. The fourth-order valence-corrected chi connectivity index (χ4v) is 4.36. The number of unbranched alkanes of at least 4 members (excludes halogenated alkanes) is 9. The average Bonchev–Trinajstić information content (AvgIpc) is 3.02. The van der Waals surface area contributed by atoms with Crippen molar-refractivity contribution in [3.63, 3.8) is 0 Å². The minimum Gasteiger partial charge on any atom is -0.353 e. The van der Waals surface area contributed by atoms with Crippen LogP contribution in [0.1, 0.15) is 76.7 Å². The van der Waals surface area contributed by atoms with Gasteiger partial charge in [-0.3, -0.25) is 0 Å². The van der Waals surface area contributed by atoms with Crippen molar-refractivity contribution in [2.45, 2.75) is 83.4 Å². The summed E-state index contributed by atoms with van der Waals surface area (Å²) in [6.07, 6.45) is 16.8. The maximum Gasteiger partial charge on any atom is 0.396 e. The zero-order valence-electron chi connectivity index (χ0n) is 17.7. The molecule has 4 nitrogen and oxygen atoms in total. The van der Waals surface area contributed by atoms with E-state index in [1.165, 1.54) is 57.8 Å². The second-order valence-electron chi connectivity index (χ2n) is 8.20. The van der Waals surface area contributed by atoms with Gasteiger partial charge in [0.25, 0.3) is 0 Å². The molecule has 0 saturated heterocycles. The Labute approximate surface area is 180 Å². The van der Waals surface area contributed by atoms with Crippen molar-refractivity contribution in [1.29, 1.82) is 0 Å². The number of benzene rings is 1. The minimum atomic E-state index is -1.08. The Bertz CT molecular complexity index is 752. The molecule has 1 aromatic heterocycles. The van der Waals surface area contributed by atoms with Crippen LogP contribution in [0.4, 0.5) is 5.95 Å². The zero-order valence-corrected chi connectivity index (χ0v) is 18.4. The summed E-state index contributed by atoms with van der Waals surface area (Å²) in [6.45, 7) is 3.54. The Hall–Kier alpha value is -1.65. The highest BCUT2D eigenvalue weighted by atomic mass is 35.5. The lowest BCUT2D eigenvalue weighted by atomic mass is 10.0. The number of fused-ring (bicyclic) bond motifs is 1. The highest BCUT2D eigenvalue weighted by molar-refractivity contribution is 6.30. The van der Waals surface area contributed by atoms with E-state index in [0.717, 1.165) is 24.5 Å². The minimum absolute atomic E-state index is 0.482. The fourth-order valence-electron chi connectivity index (χ4n) is 4.24. The second kappa shape index (κ2) is 10.9. The number of halogens is 1. The molecule has 2 heterocycles. The van der Waals surface area contributed by atoms with E-state index >= 15 is 0 Å². The first-order chi connectivity index (χ1) is 14.1. The molecule has 3 rings (SSSR count). The summed E-state index contributed by atoms with van der Waals surface area (Å²) in [7, 11) is 0. The van der Waals surface area contributed by atoms with Crippen molar-refractivity contribution >= 4 is 17.5 Å². The number of hydrogen-bond donors (Lipinski definition) is 1. The van der Waals surface area contributed by atoms with Gasteiger partial charge in [-0.25, -0.2) is 9.47 Å². The van der Waals surface area contributed by atoms with Crippen molar-refractivity contribution < 1.29 is 9.67 Å². The van der Waals surface area contributed by atoms with Gasteiger partial charge >= 0.3 is 5.95 Å². The third-order valence-corrected chi connectivity index (χ3v) is 6.17. The van der Waals surface area contributed by atoms with Crippen LogP contribution < -0.4 is 9.47 Å². The molecule has 158 valence electrons. The Morgan fingerprint density at radius 1 is 1.00 bits per heavy atom. The van der Waals surface area contributed by atoms with Gasteiger partial charge in [-0.2, -0.15) is 0 Å². The lowest BCUT2D eigenvalue weighted by molar-refractivity contribution is -0.685. The van der Waals surface area contributed by atoms with Crippen molar-refractivity contribution in [3.8, 4) is 0 Å². The number of aliphatic hydroxyl groups is 1. The van der Waals surface area contributed by atoms with Crippen LogP contribution >= 0.6 is 11.6 Å². The summed E-state index contributed by atoms with van der Waals surface area (Å²) in [4.78, 5) is 6.60. The largest absolute Gasteiger partial charge is 0.396 e. The molecule has 1 atom stereocenters. The predicted molar refractivity (Wildman–Crippen MR) is 119 cm³/mol. The standard InChI is InChI=1S/C24H35ClN3O/c1-2-3-4-5-6-7-8-9-10-11-19-28-23-26-17-12-18-27(23)20-24(28,29)21-13-15-22(25)16-14-21/h12-18,29H,2-11,19-20H2,1H3/q+1/t24-/m1/s1. The Balaban J connectivity index is 1.52. The average molecular weight is 417 g/mol. The normalized spacial score (nSPS) is 18.2. The molecule has 0 aliphatic carbocycles. The van der Waals surface area contributed by atoms with E-state index in [9.17, 15) is 5.11 Å². The first-order valence-corrected chi connectivity index (χ1v) is 11.6. The lowest BCUT2D eigenvalue weighted by Gasteiger charge is -2.28. The SMILES string of the molecule is CCCCCCCCCCCCN1c2nccc[n+]2C[C@@]1(O)c1ccc(Cl)cc1. The number of rotatable bonds is 12. The maximum atomic E-state index is 11.6. The zero-order chi connectivity index (χ0) is 20.5. The third kappa shape index (κ3) is 5.70. The van der Waals surface area contributed by atoms with Gasteiger partial charge in [0.15, 0.2) is 0 Å². The number of anilines is 1. The molecule has 0 saturated carbocycles. The summed E-state index contributed by atoms with van der Waals surface area (Å²) in [6, 6.07) is 9.43. The van der Waals surface area contributed by atoms with Gasteiger partial charge in [0.05, 0.1) is 12.7 Å². The Morgan fingerprint density at radius 3 is 2.28 bits per heavy atom. The van der Waals surface area contributed by atoms with Crippen LogP contribution in [0.15, 0.2) is 42.7 Å². The molecule has 5 heteroatoms. The van der Waals surface area contributed by atoms with E-state index in [2.05, 4.69) is 16.8 Å². The van der Waals surface area contributed by atoms with Gasteiger partial charge in [0.2, 0.25) is 5.72 Å². The van der Waals surface area contributed by atoms with E-state index in [1.54, 1.807) is 6.20 Å². The quantitative estimate of drug-likeness (QED) is 0.361. The predicted octanol–water partition coefficient (Wildman–Crippen LogP) is 5.61. The van der Waals surface area contributed by atoms with Gasteiger partial charge < -0.3 is 5.11 Å². The van der Waals surface area contributed by atoms with E-state index in [0.29, 0.717) is 11.6 Å². The number of aromatic nitrogens is 2. The summed E-state index contributed by atoms with van der Waals surface area (Å²) >= 11 is 6.06. The Morgan fingerprint density at radius 2 is 1.62 bits per heavy atom. The Kier molecular flexibility index (Phi) is 8.31. The molecule has 1 aliphatic heterocycles. The molecule has 29 heavy (non-hydrogen) atoms. The number of nitrogens with zero attached hydrogens (tertiary/aromatic N) is 3. The summed E-state index contributed by atoms with van der Waals surface area (Å²) < 4.78 is 2.03. The van der Waals surface area contributed by atoms with Crippen LogP contribution in [0.2, 0.25) is 5.02 Å².